The summed E-state index contributed by atoms with van der Waals surface area (Å²) in [6.45, 7) is 10.2. The zero-order valence-electron chi connectivity index (χ0n) is 21.0. The third kappa shape index (κ3) is 3.57. The van der Waals surface area contributed by atoms with Crippen LogP contribution in [0.3, 0.4) is 0 Å². The molecule has 3 atom stereocenters. The fourth-order valence-corrected chi connectivity index (χ4v) is 6.87. The Hall–Kier alpha value is -2.95. The molecule has 0 radical (unpaired) electrons. The first kappa shape index (κ1) is 22.8. The number of hydrogen-bond acceptors (Lipinski definition) is 3. The molecule has 2 unspecified atom stereocenters. The van der Waals surface area contributed by atoms with Crippen LogP contribution in [0.5, 0.6) is 11.5 Å². The summed E-state index contributed by atoms with van der Waals surface area (Å²) in [7, 11) is 1.68. The summed E-state index contributed by atoms with van der Waals surface area (Å²) in [5.74, 6) is 2.31. The summed E-state index contributed by atoms with van der Waals surface area (Å²) < 4.78 is 13.9. The lowest BCUT2D eigenvalue weighted by Crippen LogP contribution is -2.52. The van der Waals surface area contributed by atoms with Crippen LogP contribution >= 0.6 is 0 Å². The zero-order chi connectivity index (χ0) is 24.1. The Morgan fingerprint density at radius 3 is 2.56 bits per heavy atom. The molecule has 2 bridgehead atoms. The van der Waals surface area contributed by atoms with Gasteiger partial charge < -0.3 is 19.4 Å². The van der Waals surface area contributed by atoms with Crippen molar-refractivity contribution in [3.63, 3.8) is 0 Å². The number of carbonyl (C=O) groups excluding carboxylic acids is 1. The number of aromatic nitrogens is 1. The molecule has 1 heterocycles. The van der Waals surface area contributed by atoms with Crippen LogP contribution in [0.4, 0.5) is 0 Å². The van der Waals surface area contributed by atoms with Gasteiger partial charge in [0, 0.05) is 17.1 Å². The van der Waals surface area contributed by atoms with Gasteiger partial charge in [-0.15, -0.1) is 0 Å². The standard InChI is InChI=1S/C29H36N2O3/c1-19-24(26(32)30-27-28(2,3)20-14-15-29(27,4)18-20)22-12-9-13-23(33-5)25(22)31(19)16-17-34-21-10-7-6-8-11-21/h6-13,20,27H,14-18H2,1-5H3,(H,30,32)/t20-,27?,29?/m0/s1. The highest BCUT2D eigenvalue weighted by Crippen LogP contribution is 2.62. The van der Waals surface area contributed by atoms with E-state index in [4.69, 9.17) is 9.47 Å². The number of carbonyl (C=O) groups is 1. The Morgan fingerprint density at radius 2 is 1.88 bits per heavy atom. The summed E-state index contributed by atoms with van der Waals surface area (Å²) in [5.41, 5.74) is 2.92. The van der Waals surface area contributed by atoms with Crippen LogP contribution in [0.25, 0.3) is 10.9 Å². The number of hydrogen-bond donors (Lipinski definition) is 1. The quantitative estimate of drug-likeness (QED) is 0.472. The number of amides is 1. The van der Waals surface area contributed by atoms with E-state index in [1.165, 1.54) is 19.3 Å². The van der Waals surface area contributed by atoms with E-state index >= 15 is 0 Å². The van der Waals surface area contributed by atoms with Gasteiger partial charge in [-0.05, 0) is 61.1 Å². The van der Waals surface area contributed by atoms with E-state index < -0.39 is 0 Å². The Labute approximate surface area is 202 Å². The molecular weight excluding hydrogens is 424 g/mol. The first-order chi connectivity index (χ1) is 16.3. The van der Waals surface area contributed by atoms with Gasteiger partial charge in [-0.25, -0.2) is 0 Å². The fraction of sp³-hybridized carbons (Fsp3) is 0.483. The fourth-order valence-electron chi connectivity index (χ4n) is 6.87. The summed E-state index contributed by atoms with van der Waals surface area (Å²) in [6, 6.07) is 15.9. The third-order valence-corrected chi connectivity index (χ3v) is 8.62. The molecule has 180 valence electrons. The molecule has 2 aliphatic rings. The van der Waals surface area contributed by atoms with Crippen molar-refractivity contribution in [1.82, 2.24) is 9.88 Å². The van der Waals surface area contributed by atoms with Gasteiger partial charge in [0.15, 0.2) is 0 Å². The van der Waals surface area contributed by atoms with Gasteiger partial charge in [-0.1, -0.05) is 51.1 Å². The minimum Gasteiger partial charge on any atom is -0.495 e. The SMILES string of the molecule is COc1cccc2c(C(=O)NC3C4(C)CC[C@@H](C4)C3(C)C)c(C)n(CCOc3ccccc3)c12. The lowest BCUT2D eigenvalue weighted by molar-refractivity contribution is 0.0738. The average Bonchev–Trinajstić information content (AvgIpc) is 3.41. The number of nitrogens with zero attached hydrogens (tertiary/aromatic N) is 1. The number of nitrogens with one attached hydrogen (secondary N) is 1. The van der Waals surface area contributed by atoms with E-state index in [2.05, 4.69) is 30.7 Å². The van der Waals surface area contributed by atoms with E-state index in [0.29, 0.717) is 19.1 Å². The van der Waals surface area contributed by atoms with Gasteiger partial charge in [0.1, 0.15) is 18.1 Å². The van der Waals surface area contributed by atoms with Crippen LogP contribution in [-0.2, 0) is 6.54 Å². The Kier molecular flexibility index (Phi) is 5.62. The molecule has 5 nitrogen and oxygen atoms in total. The summed E-state index contributed by atoms with van der Waals surface area (Å²) in [6.07, 6.45) is 3.67. The van der Waals surface area contributed by atoms with Gasteiger partial charge in [0.2, 0.25) is 0 Å². The molecule has 34 heavy (non-hydrogen) atoms. The molecular formula is C29H36N2O3. The van der Waals surface area contributed by atoms with Crippen LogP contribution in [0, 0.1) is 23.7 Å². The topological polar surface area (TPSA) is 52.5 Å². The smallest absolute Gasteiger partial charge is 0.253 e. The molecule has 3 aromatic rings. The maximum absolute atomic E-state index is 13.9. The van der Waals surface area contributed by atoms with E-state index in [9.17, 15) is 4.79 Å². The predicted molar refractivity (Wildman–Crippen MR) is 136 cm³/mol. The maximum atomic E-state index is 13.9. The van der Waals surface area contributed by atoms with Crippen molar-refractivity contribution in [3.8, 4) is 11.5 Å². The largest absolute Gasteiger partial charge is 0.495 e. The minimum absolute atomic E-state index is 0.0188. The minimum atomic E-state index is 0.0188. The van der Waals surface area contributed by atoms with Gasteiger partial charge in [-0.3, -0.25) is 4.79 Å². The van der Waals surface area contributed by atoms with Crippen LogP contribution < -0.4 is 14.8 Å². The average molecular weight is 461 g/mol. The van der Waals surface area contributed by atoms with Gasteiger partial charge in [0.25, 0.3) is 5.91 Å². The van der Waals surface area contributed by atoms with E-state index in [0.717, 1.165) is 33.7 Å². The van der Waals surface area contributed by atoms with Crippen molar-refractivity contribution in [2.24, 2.45) is 16.7 Å². The summed E-state index contributed by atoms with van der Waals surface area (Å²) in [4.78, 5) is 13.9. The number of benzene rings is 2. The van der Waals surface area contributed by atoms with Gasteiger partial charge in [0.05, 0.1) is 24.7 Å². The Bertz CT molecular complexity index is 1210. The van der Waals surface area contributed by atoms with Crippen LogP contribution in [-0.4, -0.2) is 30.2 Å². The highest BCUT2D eigenvalue weighted by Gasteiger charge is 2.59. The van der Waals surface area contributed by atoms with E-state index in [1.807, 2.05) is 55.5 Å². The van der Waals surface area contributed by atoms with Gasteiger partial charge in [-0.2, -0.15) is 0 Å². The molecule has 2 aliphatic carbocycles. The molecule has 0 spiro atoms. The van der Waals surface area contributed by atoms with Gasteiger partial charge >= 0.3 is 0 Å². The lowest BCUT2D eigenvalue weighted by Gasteiger charge is -2.43. The molecule has 1 aromatic heterocycles. The van der Waals surface area contributed by atoms with Crippen molar-refractivity contribution in [1.29, 1.82) is 0 Å². The van der Waals surface area contributed by atoms with Crippen molar-refractivity contribution >= 4 is 16.8 Å². The molecule has 5 rings (SSSR count). The monoisotopic (exact) mass is 460 g/mol. The molecule has 2 saturated carbocycles. The number of fused-ring (bicyclic) bond motifs is 3. The second-order valence-corrected chi connectivity index (χ2v) is 11.0. The van der Waals surface area contributed by atoms with Crippen molar-refractivity contribution in [2.45, 2.75) is 59.5 Å². The van der Waals surface area contributed by atoms with Crippen LogP contribution in [0.1, 0.15) is 56.1 Å². The van der Waals surface area contributed by atoms with Crippen molar-refractivity contribution in [2.75, 3.05) is 13.7 Å². The number of methoxy groups -OCH3 is 1. The first-order valence-corrected chi connectivity index (χ1v) is 12.4. The summed E-state index contributed by atoms with van der Waals surface area (Å²) >= 11 is 0. The zero-order valence-corrected chi connectivity index (χ0v) is 21.0. The van der Waals surface area contributed by atoms with Crippen molar-refractivity contribution in [3.05, 3.63) is 59.8 Å². The van der Waals surface area contributed by atoms with E-state index in [-0.39, 0.29) is 22.8 Å². The highest BCUT2D eigenvalue weighted by atomic mass is 16.5. The number of ether oxygens (including phenoxy) is 2. The number of rotatable bonds is 7. The Balaban J connectivity index is 1.47. The third-order valence-electron chi connectivity index (χ3n) is 8.62. The summed E-state index contributed by atoms with van der Waals surface area (Å²) in [5, 5.41) is 4.43. The van der Waals surface area contributed by atoms with Crippen molar-refractivity contribution < 1.29 is 14.3 Å². The molecule has 1 N–H and O–H groups in total. The second-order valence-electron chi connectivity index (χ2n) is 11.0. The Morgan fingerprint density at radius 1 is 1.12 bits per heavy atom. The predicted octanol–water partition coefficient (Wildman–Crippen LogP) is 5.98. The number of para-hydroxylation sites is 2. The maximum Gasteiger partial charge on any atom is 0.253 e. The molecule has 1 amide bonds. The molecule has 0 aliphatic heterocycles. The second kappa shape index (κ2) is 8.37. The lowest BCUT2D eigenvalue weighted by atomic mass is 9.68. The first-order valence-electron chi connectivity index (χ1n) is 12.4. The molecule has 5 heteroatoms. The van der Waals surface area contributed by atoms with Crippen LogP contribution in [0.15, 0.2) is 48.5 Å². The normalized spacial score (nSPS) is 25.0. The molecule has 2 aromatic carbocycles. The molecule has 2 fully saturated rings. The van der Waals surface area contributed by atoms with E-state index in [1.54, 1.807) is 7.11 Å². The van der Waals surface area contributed by atoms with Crippen LogP contribution in [0.2, 0.25) is 0 Å². The highest BCUT2D eigenvalue weighted by molar-refractivity contribution is 6.10. The molecule has 0 saturated heterocycles.